The molecule has 1 aliphatic rings. The van der Waals surface area contributed by atoms with Crippen LogP contribution in [0.15, 0.2) is 237 Å². The third-order valence-electron chi connectivity index (χ3n) is 13.7. The van der Waals surface area contributed by atoms with E-state index >= 15 is 0 Å². The van der Waals surface area contributed by atoms with Gasteiger partial charge >= 0.3 is 0 Å². The first-order valence-electron chi connectivity index (χ1n) is 23.1. The third-order valence-corrected chi connectivity index (χ3v) is 13.7. The van der Waals surface area contributed by atoms with Crippen LogP contribution in [0, 0.1) is 0 Å². The summed E-state index contributed by atoms with van der Waals surface area (Å²) >= 11 is 0. The lowest BCUT2D eigenvalue weighted by Gasteiger charge is -2.32. The summed E-state index contributed by atoms with van der Waals surface area (Å²) in [6.07, 6.45) is 0. The Morgan fingerprint density at radius 1 is 0.294 bits per heavy atom. The zero-order valence-corrected chi connectivity index (χ0v) is 36.8. The van der Waals surface area contributed by atoms with Crippen molar-refractivity contribution in [3.63, 3.8) is 0 Å². The van der Waals surface area contributed by atoms with Gasteiger partial charge in [0, 0.05) is 43.7 Å². The van der Waals surface area contributed by atoms with Crippen LogP contribution in [0.5, 0.6) is 0 Å². The number of hydrogen-bond acceptors (Lipinski definition) is 4. The second kappa shape index (κ2) is 15.2. The Labute approximate surface area is 392 Å². The maximum Gasteiger partial charge on any atom is 0.235 e. The summed E-state index contributed by atoms with van der Waals surface area (Å²) in [5.74, 6) is 0.608. The molecule has 0 spiro atoms. The molecule has 0 bridgehead atoms. The van der Waals surface area contributed by atoms with Crippen molar-refractivity contribution < 1.29 is 0 Å². The smallest absolute Gasteiger partial charge is 0.235 e. The number of para-hydroxylation sites is 3. The van der Waals surface area contributed by atoms with E-state index in [4.69, 9.17) is 15.0 Å². The van der Waals surface area contributed by atoms with E-state index in [1.54, 1.807) is 0 Å². The Bertz CT molecular complexity index is 4140. The van der Waals surface area contributed by atoms with Crippen LogP contribution in [0.2, 0.25) is 0 Å². The van der Waals surface area contributed by atoms with Crippen molar-refractivity contribution in [2.75, 3.05) is 4.90 Å². The van der Waals surface area contributed by atoms with Gasteiger partial charge in [-0.15, -0.1) is 0 Å². The van der Waals surface area contributed by atoms with Crippen LogP contribution in [0.25, 0.3) is 116 Å². The molecular formula is C63H39N5. The van der Waals surface area contributed by atoms with Crippen LogP contribution in [0.1, 0.15) is 0 Å². The molecule has 0 unspecified atom stereocenters. The average Bonchev–Trinajstić information content (AvgIpc) is 3.75. The van der Waals surface area contributed by atoms with Gasteiger partial charge in [-0.1, -0.05) is 164 Å². The number of nitrogens with zero attached hydrogens (tertiary/aromatic N) is 5. The van der Waals surface area contributed by atoms with E-state index in [0.29, 0.717) is 5.95 Å². The molecule has 68 heavy (non-hydrogen) atoms. The summed E-state index contributed by atoms with van der Waals surface area (Å²) in [6, 6.07) is 84.5. The first-order valence-corrected chi connectivity index (χ1v) is 23.1. The fourth-order valence-corrected chi connectivity index (χ4v) is 10.5. The van der Waals surface area contributed by atoms with Crippen LogP contribution in [-0.2, 0) is 0 Å². The lowest BCUT2D eigenvalue weighted by Crippen LogP contribution is -2.18. The molecule has 13 aromatic rings. The molecule has 4 heterocycles. The van der Waals surface area contributed by atoms with Gasteiger partial charge in [0.2, 0.25) is 5.95 Å². The zero-order valence-electron chi connectivity index (χ0n) is 36.8. The highest BCUT2D eigenvalue weighted by Crippen LogP contribution is 2.52. The van der Waals surface area contributed by atoms with E-state index in [9.17, 15) is 0 Å². The number of aromatic nitrogens is 4. The topological polar surface area (TPSA) is 46.8 Å². The van der Waals surface area contributed by atoms with Gasteiger partial charge in [-0.25, -0.2) is 15.0 Å². The standard InChI is InChI=1S/C63H39N5/c1-4-16-40(17-5-1)42-20-14-21-43(36-42)44-30-33-55-51(37-44)49-26-15-29-59-60(49)62(64-55)53-39-46(45-31-34-57-52(38-45)48-24-11-13-28-56(48)67(57)47-22-8-3-9-23-47)32-35-58(53)68(59)63-65-54-27-12-10-25-50(54)61(66-63)41-18-6-2-7-19-41/h1-39H. The van der Waals surface area contributed by atoms with Crippen molar-refractivity contribution in [1.82, 2.24) is 19.5 Å². The van der Waals surface area contributed by atoms with Crippen LogP contribution >= 0.6 is 0 Å². The van der Waals surface area contributed by atoms with E-state index in [0.717, 1.165) is 94.4 Å². The molecule has 14 rings (SSSR count). The highest BCUT2D eigenvalue weighted by Gasteiger charge is 2.31. The Morgan fingerprint density at radius 2 is 0.868 bits per heavy atom. The van der Waals surface area contributed by atoms with Crippen LogP contribution in [0.3, 0.4) is 0 Å². The fourth-order valence-electron chi connectivity index (χ4n) is 10.5. The maximum absolute atomic E-state index is 5.61. The zero-order chi connectivity index (χ0) is 44.7. The number of benzene rings is 10. The lowest BCUT2D eigenvalue weighted by atomic mass is 9.90. The summed E-state index contributed by atoms with van der Waals surface area (Å²) in [5, 5.41) is 6.73. The van der Waals surface area contributed by atoms with E-state index < -0.39 is 0 Å². The highest BCUT2D eigenvalue weighted by molar-refractivity contribution is 6.21. The normalized spacial score (nSPS) is 12.1. The van der Waals surface area contributed by atoms with Crippen molar-refractivity contribution in [3.05, 3.63) is 237 Å². The fraction of sp³-hybridized carbons (Fsp3) is 0. The summed E-state index contributed by atoms with van der Waals surface area (Å²) in [7, 11) is 0. The van der Waals surface area contributed by atoms with Gasteiger partial charge in [0.25, 0.3) is 0 Å². The molecule has 5 nitrogen and oxygen atoms in total. The van der Waals surface area contributed by atoms with E-state index in [1.807, 2.05) is 6.07 Å². The summed E-state index contributed by atoms with van der Waals surface area (Å²) < 4.78 is 2.37. The molecule has 0 saturated heterocycles. The van der Waals surface area contributed by atoms with Crippen molar-refractivity contribution in [2.45, 2.75) is 0 Å². The first kappa shape index (κ1) is 38.1. The van der Waals surface area contributed by atoms with Crippen molar-refractivity contribution in [1.29, 1.82) is 0 Å². The molecule has 3 aromatic heterocycles. The number of pyridine rings is 1. The Kier molecular flexibility index (Phi) is 8.52. The monoisotopic (exact) mass is 865 g/mol. The summed E-state index contributed by atoms with van der Waals surface area (Å²) in [6.45, 7) is 0. The lowest BCUT2D eigenvalue weighted by molar-refractivity contribution is 1.11. The molecule has 10 aromatic carbocycles. The van der Waals surface area contributed by atoms with Crippen LogP contribution < -0.4 is 4.90 Å². The summed E-state index contributed by atoms with van der Waals surface area (Å²) in [5.41, 5.74) is 18.1. The van der Waals surface area contributed by atoms with Crippen molar-refractivity contribution in [3.8, 4) is 61.6 Å². The summed E-state index contributed by atoms with van der Waals surface area (Å²) in [4.78, 5) is 18.7. The van der Waals surface area contributed by atoms with Gasteiger partial charge in [0.05, 0.1) is 44.8 Å². The average molecular weight is 866 g/mol. The molecule has 0 N–H and O–H groups in total. The predicted octanol–water partition coefficient (Wildman–Crippen LogP) is 16.5. The Hall–Kier alpha value is -9.19. The number of hydrogen-bond donors (Lipinski definition) is 0. The van der Waals surface area contributed by atoms with Crippen molar-refractivity contribution in [2.24, 2.45) is 0 Å². The van der Waals surface area contributed by atoms with Gasteiger partial charge in [-0.3, -0.25) is 4.90 Å². The van der Waals surface area contributed by atoms with E-state index in [2.05, 4.69) is 240 Å². The van der Waals surface area contributed by atoms with Crippen LogP contribution in [0.4, 0.5) is 17.3 Å². The number of rotatable bonds is 6. The molecular weight excluding hydrogens is 827 g/mol. The van der Waals surface area contributed by atoms with Gasteiger partial charge in [-0.05, 0) is 112 Å². The largest absolute Gasteiger partial charge is 0.309 e. The molecule has 5 heteroatoms. The number of anilines is 3. The second-order valence-electron chi connectivity index (χ2n) is 17.6. The molecule has 0 amide bonds. The molecule has 0 aliphatic carbocycles. The van der Waals surface area contributed by atoms with E-state index in [1.165, 1.54) is 32.9 Å². The third kappa shape index (κ3) is 5.99. The van der Waals surface area contributed by atoms with Crippen LogP contribution in [-0.4, -0.2) is 19.5 Å². The second-order valence-corrected chi connectivity index (χ2v) is 17.6. The number of fused-ring (bicyclic) bond motifs is 8. The van der Waals surface area contributed by atoms with E-state index in [-0.39, 0.29) is 0 Å². The minimum atomic E-state index is 0.608. The molecule has 1 aliphatic heterocycles. The predicted molar refractivity (Wildman–Crippen MR) is 282 cm³/mol. The maximum atomic E-state index is 5.61. The minimum absolute atomic E-state index is 0.608. The minimum Gasteiger partial charge on any atom is -0.309 e. The molecule has 0 saturated carbocycles. The Morgan fingerprint density at radius 3 is 1.69 bits per heavy atom. The van der Waals surface area contributed by atoms with Crippen molar-refractivity contribution >= 4 is 71.7 Å². The SMILES string of the molecule is c1ccc(-c2cccc(-c3ccc4nc5c6c(cccc6c4c3)N(c3nc(-c4ccccc4)c4ccccc4n3)c3ccc(-c4ccc6c(c4)c4ccccc4n6-c4ccccc4)cc3-5)c2)cc1. The molecule has 0 radical (unpaired) electrons. The molecule has 316 valence electrons. The van der Waals surface area contributed by atoms with Gasteiger partial charge < -0.3 is 4.57 Å². The Balaban J connectivity index is 1.00. The highest BCUT2D eigenvalue weighted by atomic mass is 15.3. The molecule has 0 atom stereocenters. The van der Waals surface area contributed by atoms with Gasteiger partial charge in [0.1, 0.15) is 0 Å². The molecule has 0 fully saturated rings. The van der Waals surface area contributed by atoms with Gasteiger partial charge in [0.15, 0.2) is 0 Å². The quantitative estimate of drug-likeness (QED) is 0.156. The van der Waals surface area contributed by atoms with Gasteiger partial charge in [-0.2, -0.15) is 0 Å². The first-order chi connectivity index (χ1) is 33.7.